The Morgan fingerprint density at radius 1 is 1.64 bits per heavy atom. The van der Waals surface area contributed by atoms with Gasteiger partial charge in [-0.25, -0.2) is 4.98 Å². The number of hydrogen-bond acceptors (Lipinski definition) is 3. The third kappa shape index (κ3) is 2.48. The summed E-state index contributed by atoms with van der Waals surface area (Å²) in [6.45, 7) is 0. The molecule has 0 aliphatic heterocycles. The molecule has 0 aliphatic rings. The lowest BCUT2D eigenvalue weighted by molar-refractivity contribution is -0.166. The summed E-state index contributed by atoms with van der Waals surface area (Å²) in [5.41, 5.74) is 0. The highest BCUT2D eigenvalue weighted by Gasteiger charge is 2.44. The Hall–Kier alpha value is -1.53. The van der Waals surface area contributed by atoms with Gasteiger partial charge in [0.25, 0.3) is 0 Å². The molecular formula is C7H6F3NO3. The van der Waals surface area contributed by atoms with E-state index in [2.05, 4.69) is 9.40 Å². The molecule has 0 saturated heterocycles. The van der Waals surface area contributed by atoms with Crippen LogP contribution in [0.3, 0.4) is 0 Å². The van der Waals surface area contributed by atoms with Crippen molar-refractivity contribution in [3.63, 3.8) is 0 Å². The number of carbonyl (C=O) groups is 1. The summed E-state index contributed by atoms with van der Waals surface area (Å²) in [5.74, 6) is -4.16. The van der Waals surface area contributed by atoms with Gasteiger partial charge in [0.05, 0.1) is 12.6 Å². The summed E-state index contributed by atoms with van der Waals surface area (Å²) in [6, 6.07) is 0. The number of rotatable bonds is 3. The molecule has 78 valence electrons. The fraction of sp³-hybridized carbons (Fsp3) is 0.429. The van der Waals surface area contributed by atoms with E-state index in [1.54, 1.807) is 0 Å². The van der Waals surface area contributed by atoms with E-state index in [-0.39, 0.29) is 0 Å². The number of aliphatic carboxylic acids is 1. The molecule has 0 bridgehead atoms. The monoisotopic (exact) mass is 209 g/mol. The minimum Gasteiger partial charge on any atom is -0.481 e. The van der Waals surface area contributed by atoms with Crippen LogP contribution in [-0.4, -0.2) is 22.2 Å². The van der Waals surface area contributed by atoms with Gasteiger partial charge in [0.15, 0.2) is 6.39 Å². The van der Waals surface area contributed by atoms with Gasteiger partial charge < -0.3 is 9.52 Å². The molecule has 1 aromatic heterocycles. The number of oxazole rings is 1. The van der Waals surface area contributed by atoms with E-state index in [0.29, 0.717) is 0 Å². The number of aromatic nitrogens is 1. The summed E-state index contributed by atoms with van der Waals surface area (Å²) in [7, 11) is 0. The number of carboxylic acid groups (broad SMARTS) is 1. The van der Waals surface area contributed by atoms with Gasteiger partial charge in [0, 0.05) is 0 Å². The van der Waals surface area contributed by atoms with Crippen molar-refractivity contribution in [2.75, 3.05) is 0 Å². The SMILES string of the molecule is O=C(O)CC(c1cnco1)C(F)(F)F. The maximum atomic E-state index is 12.3. The average molecular weight is 209 g/mol. The van der Waals surface area contributed by atoms with E-state index in [1.165, 1.54) is 0 Å². The molecule has 1 heterocycles. The maximum Gasteiger partial charge on any atom is 0.399 e. The van der Waals surface area contributed by atoms with Crippen LogP contribution in [0.4, 0.5) is 13.2 Å². The van der Waals surface area contributed by atoms with Crippen LogP contribution in [0.2, 0.25) is 0 Å². The van der Waals surface area contributed by atoms with Crippen molar-refractivity contribution in [2.45, 2.75) is 18.5 Å². The molecule has 1 unspecified atom stereocenters. The third-order valence-corrected chi connectivity index (χ3v) is 1.57. The Morgan fingerprint density at radius 2 is 2.29 bits per heavy atom. The van der Waals surface area contributed by atoms with E-state index in [9.17, 15) is 18.0 Å². The lowest BCUT2D eigenvalue weighted by Gasteiger charge is -2.15. The van der Waals surface area contributed by atoms with Crippen molar-refractivity contribution in [1.29, 1.82) is 0 Å². The number of hydrogen-bond donors (Lipinski definition) is 1. The second kappa shape index (κ2) is 3.69. The molecule has 1 N–H and O–H groups in total. The molecule has 1 rings (SSSR count). The van der Waals surface area contributed by atoms with Crippen molar-refractivity contribution >= 4 is 5.97 Å². The zero-order valence-corrected chi connectivity index (χ0v) is 6.78. The summed E-state index contributed by atoms with van der Waals surface area (Å²) in [5, 5.41) is 8.28. The van der Waals surface area contributed by atoms with Crippen LogP contribution in [0, 0.1) is 0 Å². The zero-order chi connectivity index (χ0) is 10.8. The first-order valence-electron chi connectivity index (χ1n) is 3.58. The minimum absolute atomic E-state index is 0.486. The first-order valence-corrected chi connectivity index (χ1v) is 3.58. The Labute approximate surface area is 76.4 Å². The van der Waals surface area contributed by atoms with Gasteiger partial charge in [0.1, 0.15) is 11.7 Å². The topological polar surface area (TPSA) is 63.3 Å². The van der Waals surface area contributed by atoms with E-state index in [1.807, 2.05) is 0 Å². The third-order valence-electron chi connectivity index (χ3n) is 1.57. The van der Waals surface area contributed by atoms with Crippen molar-refractivity contribution in [2.24, 2.45) is 0 Å². The predicted molar refractivity (Wildman–Crippen MR) is 37.6 cm³/mol. The number of nitrogens with zero attached hydrogens (tertiary/aromatic N) is 1. The van der Waals surface area contributed by atoms with Gasteiger partial charge in [0.2, 0.25) is 0 Å². The van der Waals surface area contributed by atoms with Crippen LogP contribution < -0.4 is 0 Å². The fourth-order valence-corrected chi connectivity index (χ4v) is 0.950. The summed E-state index contributed by atoms with van der Waals surface area (Å²) >= 11 is 0. The quantitative estimate of drug-likeness (QED) is 0.824. The molecule has 0 aromatic carbocycles. The van der Waals surface area contributed by atoms with E-state index in [0.717, 1.165) is 12.6 Å². The zero-order valence-electron chi connectivity index (χ0n) is 6.78. The summed E-state index contributed by atoms with van der Waals surface area (Å²) in [4.78, 5) is 13.5. The molecule has 0 fully saturated rings. The number of alkyl halides is 3. The van der Waals surface area contributed by atoms with Crippen molar-refractivity contribution in [3.05, 3.63) is 18.4 Å². The first kappa shape index (κ1) is 10.6. The van der Waals surface area contributed by atoms with Gasteiger partial charge in [-0.1, -0.05) is 0 Å². The second-order valence-electron chi connectivity index (χ2n) is 2.60. The van der Waals surface area contributed by atoms with Gasteiger partial charge in [-0.15, -0.1) is 0 Å². The van der Waals surface area contributed by atoms with E-state index in [4.69, 9.17) is 5.11 Å². The smallest absolute Gasteiger partial charge is 0.399 e. The number of halogens is 3. The Balaban J connectivity index is 2.89. The van der Waals surface area contributed by atoms with Crippen molar-refractivity contribution in [3.8, 4) is 0 Å². The molecular weight excluding hydrogens is 203 g/mol. The largest absolute Gasteiger partial charge is 0.481 e. The van der Waals surface area contributed by atoms with Crippen LogP contribution in [0.15, 0.2) is 17.0 Å². The van der Waals surface area contributed by atoms with Gasteiger partial charge in [-0.3, -0.25) is 4.79 Å². The Morgan fingerprint density at radius 3 is 2.64 bits per heavy atom. The highest BCUT2D eigenvalue weighted by Crippen LogP contribution is 2.37. The second-order valence-corrected chi connectivity index (χ2v) is 2.60. The minimum atomic E-state index is -4.64. The van der Waals surface area contributed by atoms with Crippen LogP contribution >= 0.6 is 0 Å². The Kier molecular flexibility index (Phi) is 2.78. The molecule has 0 radical (unpaired) electrons. The van der Waals surface area contributed by atoms with E-state index < -0.39 is 30.2 Å². The van der Waals surface area contributed by atoms with Gasteiger partial charge in [-0.2, -0.15) is 13.2 Å². The van der Waals surface area contributed by atoms with Crippen LogP contribution in [0.25, 0.3) is 0 Å². The molecule has 0 saturated carbocycles. The molecule has 0 amide bonds. The number of carboxylic acids is 1. The first-order chi connectivity index (χ1) is 6.41. The van der Waals surface area contributed by atoms with Crippen molar-refractivity contribution in [1.82, 2.24) is 4.98 Å². The Bertz CT molecular complexity index is 306. The van der Waals surface area contributed by atoms with E-state index >= 15 is 0 Å². The summed E-state index contributed by atoms with van der Waals surface area (Å²) in [6.07, 6.45) is -4.01. The molecule has 4 nitrogen and oxygen atoms in total. The highest BCUT2D eigenvalue weighted by atomic mass is 19.4. The van der Waals surface area contributed by atoms with Crippen LogP contribution in [-0.2, 0) is 4.79 Å². The highest BCUT2D eigenvalue weighted by molar-refractivity contribution is 5.68. The average Bonchev–Trinajstić information content (AvgIpc) is 2.49. The molecule has 1 atom stereocenters. The summed E-state index contributed by atoms with van der Waals surface area (Å²) < 4.78 is 41.3. The standard InChI is InChI=1S/C7H6F3NO3/c8-7(9,10)4(1-6(12)13)5-2-11-3-14-5/h2-4H,1H2,(H,12,13). The molecule has 7 heteroatoms. The molecule has 0 aliphatic carbocycles. The van der Waals surface area contributed by atoms with Gasteiger partial charge >= 0.3 is 12.1 Å². The van der Waals surface area contributed by atoms with Crippen LogP contribution in [0.5, 0.6) is 0 Å². The predicted octanol–water partition coefficient (Wildman–Crippen LogP) is 1.80. The normalized spacial score (nSPS) is 13.9. The van der Waals surface area contributed by atoms with Gasteiger partial charge in [-0.05, 0) is 0 Å². The lowest BCUT2D eigenvalue weighted by Crippen LogP contribution is -2.23. The lowest BCUT2D eigenvalue weighted by atomic mass is 10.0. The van der Waals surface area contributed by atoms with Crippen LogP contribution in [0.1, 0.15) is 18.1 Å². The fourth-order valence-electron chi connectivity index (χ4n) is 0.950. The molecule has 1 aromatic rings. The molecule has 0 spiro atoms. The maximum absolute atomic E-state index is 12.3. The van der Waals surface area contributed by atoms with Crippen molar-refractivity contribution < 1.29 is 27.5 Å². The molecule has 14 heavy (non-hydrogen) atoms.